The molecule has 24 heavy (non-hydrogen) atoms. The molecule has 0 radical (unpaired) electrons. The van der Waals surface area contributed by atoms with E-state index in [1.807, 2.05) is 29.3 Å². The molecule has 4 nitrogen and oxygen atoms in total. The van der Waals surface area contributed by atoms with Crippen molar-refractivity contribution in [1.82, 2.24) is 14.9 Å². The molecule has 0 aromatic carbocycles. The lowest BCUT2D eigenvalue weighted by atomic mass is 9.98. The normalized spacial score (nSPS) is 17.9. The number of piperidine rings is 1. The molecule has 0 saturated carbocycles. The summed E-state index contributed by atoms with van der Waals surface area (Å²) in [6, 6.07) is 5.94. The molecule has 0 spiro atoms. The first-order chi connectivity index (χ1) is 11.6. The van der Waals surface area contributed by atoms with Gasteiger partial charge in [0.15, 0.2) is 0 Å². The van der Waals surface area contributed by atoms with Crippen LogP contribution in [0.4, 0.5) is 0 Å². The maximum absolute atomic E-state index is 12.5. The second kappa shape index (κ2) is 7.88. The van der Waals surface area contributed by atoms with Gasteiger partial charge in [-0.1, -0.05) is 6.07 Å². The quantitative estimate of drug-likeness (QED) is 0.827. The zero-order valence-electron chi connectivity index (χ0n) is 14.5. The predicted molar refractivity (Wildman–Crippen MR) is 97.3 cm³/mol. The number of carbonyl (C=O) groups is 1. The molecule has 1 saturated heterocycles. The summed E-state index contributed by atoms with van der Waals surface area (Å²) in [7, 11) is 0. The number of amides is 1. The Morgan fingerprint density at radius 1 is 1.38 bits per heavy atom. The molecule has 128 valence electrons. The van der Waals surface area contributed by atoms with E-state index in [1.165, 1.54) is 9.88 Å². The Morgan fingerprint density at radius 2 is 2.25 bits per heavy atom. The van der Waals surface area contributed by atoms with Crippen LogP contribution in [0.3, 0.4) is 0 Å². The van der Waals surface area contributed by atoms with Crippen molar-refractivity contribution in [2.75, 3.05) is 13.1 Å². The highest BCUT2D eigenvalue weighted by Gasteiger charge is 2.26. The van der Waals surface area contributed by atoms with Crippen LogP contribution in [-0.2, 0) is 11.2 Å². The van der Waals surface area contributed by atoms with Crippen LogP contribution in [0.5, 0.6) is 0 Å². The fourth-order valence-corrected chi connectivity index (χ4v) is 4.25. The van der Waals surface area contributed by atoms with Gasteiger partial charge < -0.3 is 4.90 Å². The Bertz CT molecular complexity index is 664. The molecule has 0 aliphatic carbocycles. The molecular formula is C19H25N3OS. The number of hydrogen-bond acceptors (Lipinski definition) is 4. The maximum atomic E-state index is 12.5. The second-order valence-electron chi connectivity index (χ2n) is 6.55. The van der Waals surface area contributed by atoms with Crippen molar-refractivity contribution in [2.45, 2.75) is 51.9 Å². The molecule has 1 amide bonds. The predicted octanol–water partition coefficient (Wildman–Crippen LogP) is 3.88. The number of aryl methyl sites for hydroxylation is 3. The smallest absolute Gasteiger partial charge is 0.222 e. The van der Waals surface area contributed by atoms with Crippen LogP contribution in [0.1, 0.15) is 52.9 Å². The maximum Gasteiger partial charge on any atom is 0.222 e. The van der Waals surface area contributed by atoms with Crippen molar-refractivity contribution in [3.8, 4) is 0 Å². The third-order valence-corrected chi connectivity index (χ3v) is 5.95. The van der Waals surface area contributed by atoms with Gasteiger partial charge in [-0.3, -0.25) is 9.78 Å². The van der Waals surface area contributed by atoms with Gasteiger partial charge in [0.2, 0.25) is 5.91 Å². The number of carbonyl (C=O) groups excluding carboxylic acids is 1. The highest BCUT2D eigenvalue weighted by atomic mass is 32.1. The summed E-state index contributed by atoms with van der Waals surface area (Å²) in [5.74, 6) is 0.691. The summed E-state index contributed by atoms with van der Waals surface area (Å²) in [6.45, 7) is 5.91. The first-order valence-electron chi connectivity index (χ1n) is 8.75. The number of hydrogen-bond donors (Lipinski definition) is 0. The molecule has 2 aromatic rings. The molecule has 0 unspecified atom stereocenters. The molecule has 1 atom stereocenters. The summed E-state index contributed by atoms with van der Waals surface area (Å²) < 4.78 is 0. The van der Waals surface area contributed by atoms with Crippen molar-refractivity contribution in [3.05, 3.63) is 45.7 Å². The van der Waals surface area contributed by atoms with Gasteiger partial charge in [0.1, 0.15) is 0 Å². The Balaban J connectivity index is 1.51. The van der Waals surface area contributed by atoms with Crippen LogP contribution in [0.2, 0.25) is 0 Å². The molecule has 0 bridgehead atoms. The molecule has 1 aliphatic heterocycles. The number of likely N-dealkylation sites (tertiary alicyclic amines) is 1. The third kappa shape index (κ3) is 4.20. The van der Waals surface area contributed by atoms with Gasteiger partial charge >= 0.3 is 0 Å². The number of rotatable bonds is 5. The Labute approximate surface area is 147 Å². The van der Waals surface area contributed by atoms with Crippen molar-refractivity contribution in [2.24, 2.45) is 0 Å². The molecule has 3 rings (SSSR count). The zero-order valence-corrected chi connectivity index (χ0v) is 15.3. The van der Waals surface area contributed by atoms with Gasteiger partial charge in [-0.2, -0.15) is 0 Å². The highest BCUT2D eigenvalue weighted by molar-refractivity contribution is 7.11. The van der Waals surface area contributed by atoms with E-state index in [4.69, 9.17) is 4.98 Å². The standard InChI is InChI=1S/C19H25N3OS/c1-14-15(2)24-19(21-14)16-7-6-12-22(13-16)18(23)10-5-9-17-8-3-4-11-20-17/h3-4,8,11,16H,5-7,9-10,12-13H2,1-2H3/t16-/m1/s1. The van der Waals surface area contributed by atoms with Crippen molar-refractivity contribution >= 4 is 17.2 Å². The van der Waals surface area contributed by atoms with E-state index in [-0.39, 0.29) is 5.91 Å². The fourth-order valence-electron chi connectivity index (χ4n) is 3.20. The molecule has 1 fully saturated rings. The summed E-state index contributed by atoms with van der Waals surface area (Å²) in [5.41, 5.74) is 2.20. The minimum atomic E-state index is 0.278. The van der Waals surface area contributed by atoms with Gasteiger partial charge in [-0.05, 0) is 51.7 Å². The van der Waals surface area contributed by atoms with Gasteiger partial charge in [-0.15, -0.1) is 11.3 Å². The first-order valence-corrected chi connectivity index (χ1v) is 9.56. The van der Waals surface area contributed by atoms with Gasteiger partial charge in [0.25, 0.3) is 0 Å². The fraction of sp³-hybridized carbons (Fsp3) is 0.526. The first kappa shape index (κ1) is 17.1. The monoisotopic (exact) mass is 343 g/mol. The van der Waals surface area contributed by atoms with E-state index >= 15 is 0 Å². The van der Waals surface area contributed by atoms with Crippen LogP contribution in [-0.4, -0.2) is 33.9 Å². The highest BCUT2D eigenvalue weighted by Crippen LogP contribution is 2.31. The minimum Gasteiger partial charge on any atom is -0.342 e. The zero-order chi connectivity index (χ0) is 16.9. The average Bonchev–Trinajstić information content (AvgIpc) is 2.95. The molecular weight excluding hydrogens is 318 g/mol. The van der Waals surface area contributed by atoms with E-state index in [0.717, 1.165) is 50.2 Å². The Morgan fingerprint density at radius 3 is 2.96 bits per heavy atom. The van der Waals surface area contributed by atoms with Crippen LogP contribution in [0.25, 0.3) is 0 Å². The van der Waals surface area contributed by atoms with Crippen LogP contribution in [0.15, 0.2) is 24.4 Å². The lowest BCUT2D eigenvalue weighted by molar-refractivity contribution is -0.132. The van der Waals surface area contributed by atoms with Gasteiger partial charge in [0, 0.05) is 42.2 Å². The number of aromatic nitrogens is 2. The summed E-state index contributed by atoms with van der Waals surface area (Å²) in [4.78, 5) is 24.9. The lowest BCUT2D eigenvalue weighted by Crippen LogP contribution is -2.39. The number of pyridine rings is 1. The molecule has 2 aromatic heterocycles. The SMILES string of the molecule is Cc1nc([C@@H]2CCCN(C(=O)CCCc3ccccn3)C2)sc1C. The van der Waals surface area contributed by atoms with Crippen LogP contribution < -0.4 is 0 Å². The summed E-state index contributed by atoms with van der Waals surface area (Å²) in [6.07, 6.45) is 6.38. The van der Waals surface area contributed by atoms with E-state index < -0.39 is 0 Å². The lowest BCUT2D eigenvalue weighted by Gasteiger charge is -2.32. The van der Waals surface area contributed by atoms with Crippen molar-refractivity contribution < 1.29 is 4.79 Å². The van der Waals surface area contributed by atoms with Crippen molar-refractivity contribution in [3.63, 3.8) is 0 Å². The van der Waals surface area contributed by atoms with Crippen molar-refractivity contribution in [1.29, 1.82) is 0 Å². The third-order valence-electron chi connectivity index (χ3n) is 4.72. The number of thiazole rings is 1. The summed E-state index contributed by atoms with van der Waals surface area (Å²) >= 11 is 1.79. The number of nitrogens with zero attached hydrogens (tertiary/aromatic N) is 3. The Kier molecular flexibility index (Phi) is 5.61. The molecule has 3 heterocycles. The minimum absolute atomic E-state index is 0.278. The van der Waals surface area contributed by atoms with E-state index in [9.17, 15) is 4.79 Å². The molecule has 0 N–H and O–H groups in total. The largest absolute Gasteiger partial charge is 0.342 e. The Hall–Kier alpha value is -1.75. The average molecular weight is 343 g/mol. The van der Waals surface area contributed by atoms with Crippen LogP contribution >= 0.6 is 11.3 Å². The molecule has 5 heteroatoms. The van der Waals surface area contributed by atoms with Crippen LogP contribution in [0, 0.1) is 13.8 Å². The molecule has 1 aliphatic rings. The van der Waals surface area contributed by atoms with E-state index in [1.54, 1.807) is 11.3 Å². The van der Waals surface area contributed by atoms with Gasteiger partial charge in [0.05, 0.1) is 10.7 Å². The second-order valence-corrected chi connectivity index (χ2v) is 7.78. The van der Waals surface area contributed by atoms with E-state index in [0.29, 0.717) is 12.3 Å². The topological polar surface area (TPSA) is 46.1 Å². The van der Waals surface area contributed by atoms with Gasteiger partial charge in [-0.25, -0.2) is 4.98 Å². The van der Waals surface area contributed by atoms with E-state index in [2.05, 4.69) is 18.8 Å². The summed E-state index contributed by atoms with van der Waals surface area (Å²) in [5, 5.41) is 1.20.